The maximum atomic E-state index is 11.6. The van der Waals surface area contributed by atoms with Crippen LogP contribution in [0.15, 0.2) is 0 Å². The molecule has 0 aromatic rings. The molecule has 0 aromatic heterocycles. The van der Waals surface area contributed by atoms with Crippen molar-refractivity contribution in [3.05, 3.63) is 0 Å². The summed E-state index contributed by atoms with van der Waals surface area (Å²) in [5.41, 5.74) is 0. The number of β-amino-alcohol motifs (C(OH)–C–C–N with tert-alkyl or cyclic N) is 1. The van der Waals surface area contributed by atoms with Crippen molar-refractivity contribution < 1.29 is 19.4 Å². The fraction of sp³-hybridized carbons (Fsp3) is 0.818. The van der Waals surface area contributed by atoms with E-state index >= 15 is 0 Å². The standard InChI is InChI=1S/C11H20N2O4/c1-2-17-10(15)4-3-5-12-11(16)9-6-8(14)7-13-9/h8-9,13-14H,2-7H2,1H3,(H,12,16). The summed E-state index contributed by atoms with van der Waals surface area (Å²) in [6.07, 6.45) is 0.892. The lowest BCUT2D eigenvalue weighted by atomic mass is 10.2. The Labute approximate surface area is 101 Å². The van der Waals surface area contributed by atoms with Crippen molar-refractivity contribution >= 4 is 11.9 Å². The van der Waals surface area contributed by atoms with Crippen LogP contribution in [0.4, 0.5) is 0 Å². The van der Waals surface area contributed by atoms with Gasteiger partial charge in [0.15, 0.2) is 0 Å². The summed E-state index contributed by atoms with van der Waals surface area (Å²) >= 11 is 0. The zero-order valence-corrected chi connectivity index (χ0v) is 10.1. The fourth-order valence-corrected chi connectivity index (χ4v) is 1.72. The first-order valence-electron chi connectivity index (χ1n) is 5.98. The topological polar surface area (TPSA) is 87.7 Å². The molecule has 6 heteroatoms. The van der Waals surface area contributed by atoms with Gasteiger partial charge in [-0.25, -0.2) is 0 Å². The van der Waals surface area contributed by atoms with E-state index in [-0.39, 0.29) is 17.9 Å². The number of hydrogen-bond donors (Lipinski definition) is 3. The van der Waals surface area contributed by atoms with Crippen LogP contribution in [0, 0.1) is 0 Å². The van der Waals surface area contributed by atoms with Crippen molar-refractivity contribution in [3.63, 3.8) is 0 Å². The van der Waals surface area contributed by atoms with Crippen molar-refractivity contribution in [2.75, 3.05) is 19.7 Å². The summed E-state index contributed by atoms with van der Waals surface area (Å²) in [6.45, 7) is 3.05. The van der Waals surface area contributed by atoms with Crippen molar-refractivity contribution in [2.45, 2.75) is 38.3 Å². The lowest BCUT2D eigenvalue weighted by molar-refractivity contribution is -0.143. The molecule has 2 unspecified atom stereocenters. The molecule has 0 aliphatic carbocycles. The van der Waals surface area contributed by atoms with Crippen LogP contribution in [-0.4, -0.2) is 48.8 Å². The second kappa shape index (κ2) is 7.24. The van der Waals surface area contributed by atoms with Crippen LogP contribution >= 0.6 is 0 Å². The smallest absolute Gasteiger partial charge is 0.305 e. The lowest BCUT2D eigenvalue weighted by Gasteiger charge is -2.10. The predicted molar refractivity (Wildman–Crippen MR) is 61.3 cm³/mol. The first-order chi connectivity index (χ1) is 8.13. The van der Waals surface area contributed by atoms with Gasteiger partial charge < -0.3 is 20.5 Å². The summed E-state index contributed by atoms with van der Waals surface area (Å²) in [5.74, 6) is -0.360. The molecule has 1 aliphatic heterocycles. The molecule has 0 aromatic carbocycles. The Balaban J connectivity index is 2.06. The summed E-state index contributed by atoms with van der Waals surface area (Å²) in [5, 5.41) is 14.9. The molecule has 1 amide bonds. The monoisotopic (exact) mass is 244 g/mol. The van der Waals surface area contributed by atoms with E-state index in [0.29, 0.717) is 39.0 Å². The van der Waals surface area contributed by atoms with Gasteiger partial charge in [-0.05, 0) is 19.8 Å². The third kappa shape index (κ3) is 5.14. The van der Waals surface area contributed by atoms with Crippen LogP contribution in [-0.2, 0) is 14.3 Å². The van der Waals surface area contributed by atoms with Crippen molar-refractivity contribution in [2.24, 2.45) is 0 Å². The highest BCUT2D eigenvalue weighted by atomic mass is 16.5. The number of aliphatic hydroxyl groups excluding tert-OH is 1. The van der Waals surface area contributed by atoms with E-state index in [1.165, 1.54) is 0 Å². The summed E-state index contributed by atoms with van der Waals surface area (Å²) in [4.78, 5) is 22.6. The number of rotatable bonds is 6. The Morgan fingerprint density at radius 1 is 1.53 bits per heavy atom. The minimum absolute atomic E-state index is 0.120. The number of carbonyl (C=O) groups is 2. The van der Waals surface area contributed by atoms with Gasteiger partial charge in [-0.2, -0.15) is 0 Å². The highest BCUT2D eigenvalue weighted by molar-refractivity contribution is 5.82. The molecule has 3 N–H and O–H groups in total. The molecule has 1 rings (SSSR count). The van der Waals surface area contributed by atoms with E-state index in [1.807, 2.05) is 0 Å². The van der Waals surface area contributed by atoms with Crippen molar-refractivity contribution in [1.29, 1.82) is 0 Å². The molecule has 1 heterocycles. The first-order valence-corrected chi connectivity index (χ1v) is 5.98. The molecule has 1 aliphatic rings. The number of ether oxygens (including phenoxy) is 1. The van der Waals surface area contributed by atoms with Gasteiger partial charge in [-0.3, -0.25) is 9.59 Å². The van der Waals surface area contributed by atoms with E-state index < -0.39 is 6.10 Å². The van der Waals surface area contributed by atoms with Crippen LogP contribution in [0.5, 0.6) is 0 Å². The highest BCUT2D eigenvalue weighted by Crippen LogP contribution is 2.05. The summed E-state index contributed by atoms with van der Waals surface area (Å²) in [7, 11) is 0. The Morgan fingerprint density at radius 2 is 2.29 bits per heavy atom. The van der Waals surface area contributed by atoms with E-state index in [4.69, 9.17) is 4.74 Å². The molecule has 1 fully saturated rings. The van der Waals surface area contributed by atoms with E-state index in [9.17, 15) is 14.7 Å². The van der Waals surface area contributed by atoms with Gasteiger partial charge in [0.25, 0.3) is 0 Å². The minimum Gasteiger partial charge on any atom is -0.466 e. The van der Waals surface area contributed by atoms with Crippen LogP contribution < -0.4 is 10.6 Å². The van der Waals surface area contributed by atoms with Crippen LogP contribution in [0.25, 0.3) is 0 Å². The molecule has 1 saturated heterocycles. The maximum absolute atomic E-state index is 11.6. The third-order valence-corrected chi connectivity index (χ3v) is 2.59. The van der Waals surface area contributed by atoms with Crippen LogP contribution in [0.2, 0.25) is 0 Å². The molecular formula is C11H20N2O4. The second-order valence-corrected chi connectivity index (χ2v) is 4.05. The number of aliphatic hydroxyl groups is 1. The zero-order chi connectivity index (χ0) is 12.7. The van der Waals surface area contributed by atoms with E-state index in [2.05, 4.69) is 10.6 Å². The highest BCUT2D eigenvalue weighted by Gasteiger charge is 2.27. The van der Waals surface area contributed by atoms with Gasteiger partial charge in [0.1, 0.15) is 0 Å². The van der Waals surface area contributed by atoms with Gasteiger partial charge in [0, 0.05) is 19.5 Å². The number of carbonyl (C=O) groups excluding carboxylic acids is 2. The Kier molecular flexibility index (Phi) is 5.93. The Hall–Kier alpha value is -1.14. The maximum Gasteiger partial charge on any atom is 0.305 e. The van der Waals surface area contributed by atoms with Crippen molar-refractivity contribution in [3.8, 4) is 0 Å². The number of amides is 1. The molecular weight excluding hydrogens is 224 g/mol. The van der Waals surface area contributed by atoms with Crippen molar-refractivity contribution in [1.82, 2.24) is 10.6 Å². The molecule has 0 spiro atoms. The van der Waals surface area contributed by atoms with Gasteiger partial charge in [0.2, 0.25) is 5.91 Å². The average molecular weight is 244 g/mol. The normalized spacial score (nSPS) is 23.4. The molecule has 0 bridgehead atoms. The number of esters is 1. The van der Waals surface area contributed by atoms with Gasteiger partial charge in [-0.15, -0.1) is 0 Å². The van der Waals surface area contributed by atoms with Crippen LogP contribution in [0.1, 0.15) is 26.2 Å². The summed E-state index contributed by atoms with van der Waals surface area (Å²) in [6, 6.07) is -0.312. The molecule has 98 valence electrons. The second-order valence-electron chi connectivity index (χ2n) is 4.05. The van der Waals surface area contributed by atoms with Gasteiger partial charge >= 0.3 is 5.97 Å². The fourth-order valence-electron chi connectivity index (χ4n) is 1.72. The summed E-state index contributed by atoms with van der Waals surface area (Å²) < 4.78 is 4.77. The Morgan fingerprint density at radius 3 is 2.88 bits per heavy atom. The SMILES string of the molecule is CCOC(=O)CCCNC(=O)C1CC(O)CN1. The lowest BCUT2D eigenvalue weighted by Crippen LogP contribution is -2.40. The molecule has 6 nitrogen and oxygen atoms in total. The largest absolute Gasteiger partial charge is 0.466 e. The first kappa shape index (κ1) is 13.9. The van der Waals surface area contributed by atoms with Gasteiger partial charge in [-0.1, -0.05) is 0 Å². The quantitative estimate of drug-likeness (QED) is 0.419. The molecule has 2 atom stereocenters. The van der Waals surface area contributed by atoms with Crippen LogP contribution in [0.3, 0.4) is 0 Å². The zero-order valence-electron chi connectivity index (χ0n) is 10.1. The third-order valence-electron chi connectivity index (χ3n) is 2.59. The van der Waals surface area contributed by atoms with E-state index in [0.717, 1.165) is 0 Å². The number of nitrogens with one attached hydrogen (secondary N) is 2. The average Bonchev–Trinajstić information content (AvgIpc) is 2.71. The molecule has 0 radical (unpaired) electrons. The number of hydrogen-bond acceptors (Lipinski definition) is 5. The minimum atomic E-state index is -0.440. The van der Waals surface area contributed by atoms with E-state index in [1.54, 1.807) is 6.92 Å². The molecule has 0 saturated carbocycles. The van der Waals surface area contributed by atoms with Gasteiger partial charge in [0.05, 0.1) is 18.8 Å². The predicted octanol–water partition coefficient (Wildman–Crippen LogP) is -0.831. The Bertz CT molecular complexity index is 270. The molecule has 17 heavy (non-hydrogen) atoms.